The summed E-state index contributed by atoms with van der Waals surface area (Å²) in [5.41, 5.74) is 0.828. The Bertz CT molecular complexity index is 1430. The van der Waals surface area contributed by atoms with Crippen LogP contribution in [0, 0.1) is 5.82 Å². The standard InChI is InChI=1S/C27H23F4N5O.ClH/c1-17-16-35(14-15-36(17)26(37)32-21-12-10-20(28)11-13-21)25-23-5-3-2-4-22(23)24(33-34-25)18-6-8-19(9-7-18)27(29,30)31;/h2-13,17H,14-16H2,1H3,(H,32,37);1H/t17-;/m0./s1. The highest BCUT2D eigenvalue weighted by Crippen LogP contribution is 2.34. The van der Waals surface area contributed by atoms with E-state index in [0.29, 0.717) is 42.4 Å². The summed E-state index contributed by atoms with van der Waals surface area (Å²) in [5, 5.41) is 13.2. The number of alkyl halides is 3. The summed E-state index contributed by atoms with van der Waals surface area (Å²) in [7, 11) is 0. The molecule has 4 aromatic rings. The summed E-state index contributed by atoms with van der Waals surface area (Å²) >= 11 is 0. The van der Waals surface area contributed by atoms with E-state index in [-0.39, 0.29) is 30.3 Å². The highest BCUT2D eigenvalue weighted by molar-refractivity contribution is 6.00. The number of urea groups is 1. The maximum atomic E-state index is 13.2. The van der Waals surface area contributed by atoms with Gasteiger partial charge < -0.3 is 15.1 Å². The largest absolute Gasteiger partial charge is 0.416 e. The van der Waals surface area contributed by atoms with Crippen LogP contribution >= 0.6 is 12.4 Å². The van der Waals surface area contributed by atoms with Gasteiger partial charge in [0.1, 0.15) is 11.5 Å². The first kappa shape index (κ1) is 27.1. The number of nitrogens with one attached hydrogen (secondary N) is 1. The SMILES string of the molecule is C[C@H]1CN(c2nnc(-c3ccc(C(F)(F)F)cc3)c3ccccc23)CCN1C(=O)Nc1ccc(F)cc1.Cl. The average molecular weight is 546 g/mol. The summed E-state index contributed by atoms with van der Waals surface area (Å²) in [5.74, 6) is 0.273. The first-order chi connectivity index (χ1) is 17.7. The van der Waals surface area contributed by atoms with E-state index in [1.807, 2.05) is 31.2 Å². The normalized spacial score (nSPS) is 15.8. The minimum atomic E-state index is -4.41. The van der Waals surface area contributed by atoms with Gasteiger partial charge in [-0.25, -0.2) is 9.18 Å². The molecule has 1 aliphatic heterocycles. The van der Waals surface area contributed by atoms with Crippen molar-refractivity contribution in [3.05, 3.63) is 84.2 Å². The lowest BCUT2D eigenvalue weighted by atomic mass is 10.0. The molecule has 198 valence electrons. The third kappa shape index (κ3) is 5.50. The number of rotatable bonds is 3. The van der Waals surface area contributed by atoms with Crippen molar-refractivity contribution in [2.24, 2.45) is 0 Å². The van der Waals surface area contributed by atoms with Gasteiger partial charge in [-0.1, -0.05) is 36.4 Å². The number of piperazine rings is 1. The van der Waals surface area contributed by atoms with Crippen molar-refractivity contribution in [2.75, 3.05) is 29.9 Å². The van der Waals surface area contributed by atoms with Gasteiger partial charge in [0.2, 0.25) is 0 Å². The van der Waals surface area contributed by atoms with Crippen molar-refractivity contribution in [2.45, 2.75) is 19.1 Å². The van der Waals surface area contributed by atoms with Crippen molar-refractivity contribution in [3.8, 4) is 11.3 Å². The second-order valence-corrected chi connectivity index (χ2v) is 8.92. The lowest BCUT2D eigenvalue weighted by Gasteiger charge is -2.40. The molecule has 2 amide bonds. The van der Waals surface area contributed by atoms with E-state index >= 15 is 0 Å². The predicted molar refractivity (Wildman–Crippen MR) is 141 cm³/mol. The van der Waals surface area contributed by atoms with Crippen LogP contribution in [-0.2, 0) is 6.18 Å². The van der Waals surface area contributed by atoms with Gasteiger partial charge in [-0.3, -0.25) is 0 Å². The summed E-state index contributed by atoms with van der Waals surface area (Å²) in [6.07, 6.45) is -4.41. The van der Waals surface area contributed by atoms with Crippen LogP contribution in [0.5, 0.6) is 0 Å². The molecule has 2 heterocycles. The van der Waals surface area contributed by atoms with Crippen LogP contribution in [0.15, 0.2) is 72.8 Å². The molecule has 0 aliphatic carbocycles. The van der Waals surface area contributed by atoms with Crippen LogP contribution in [0.25, 0.3) is 22.0 Å². The number of anilines is 2. The minimum absolute atomic E-state index is 0. The second-order valence-electron chi connectivity index (χ2n) is 8.92. The molecular formula is C27H24ClF4N5O. The molecule has 3 aromatic carbocycles. The third-order valence-electron chi connectivity index (χ3n) is 6.44. The van der Waals surface area contributed by atoms with E-state index in [4.69, 9.17) is 0 Å². The number of nitrogens with zero attached hydrogens (tertiary/aromatic N) is 4. The lowest BCUT2D eigenvalue weighted by molar-refractivity contribution is -0.137. The zero-order valence-corrected chi connectivity index (χ0v) is 21.1. The van der Waals surface area contributed by atoms with Crippen LogP contribution in [0.1, 0.15) is 12.5 Å². The zero-order chi connectivity index (χ0) is 26.2. The van der Waals surface area contributed by atoms with E-state index in [1.165, 1.54) is 36.4 Å². The predicted octanol–water partition coefficient (Wildman–Crippen LogP) is 6.62. The number of hydrogen-bond donors (Lipinski definition) is 1. The van der Waals surface area contributed by atoms with Crippen molar-refractivity contribution >= 4 is 40.7 Å². The maximum Gasteiger partial charge on any atom is 0.416 e. The fourth-order valence-electron chi connectivity index (χ4n) is 4.53. The Labute approximate surface area is 222 Å². The van der Waals surface area contributed by atoms with E-state index in [1.54, 1.807) is 4.90 Å². The molecule has 1 fully saturated rings. The molecule has 6 nitrogen and oxygen atoms in total. The number of benzene rings is 3. The molecule has 1 aromatic heterocycles. The fraction of sp³-hybridized carbons (Fsp3) is 0.222. The van der Waals surface area contributed by atoms with Gasteiger partial charge in [-0.2, -0.15) is 13.2 Å². The number of halogens is 5. The summed E-state index contributed by atoms with van der Waals surface area (Å²) in [6, 6.07) is 17.6. The Kier molecular flexibility index (Phi) is 7.73. The zero-order valence-electron chi connectivity index (χ0n) is 20.2. The van der Waals surface area contributed by atoms with Gasteiger partial charge in [0.15, 0.2) is 5.82 Å². The van der Waals surface area contributed by atoms with Gasteiger partial charge in [0, 0.05) is 47.7 Å². The van der Waals surface area contributed by atoms with Crippen LogP contribution in [0.3, 0.4) is 0 Å². The van der Waals surface area contributed by atoms with Crippen LogP contribution in [0.2, 0.25) is 0 Å². The lowest BCUT2D eigenvalue weighted by Crippen LogP contribution is -2.55. The molecule has 0 saturated carbocycles. The second kappa shape index (κ2) is 10.8. The van der Waals surface area contributed by atoms with E-state index in [9.17, 15) is 22.4 Å². The molecule has 11 heteroatoms. The molecule has 38 heavy (non-hydrogen) atoms. The number of amides is 2. The summed E-state index contributed by atoms with van der Waals surface area (Å²) in [6.45, 7) is 3.39. The Morgan fingerprint density at radius 2 is 1.58 bits per heavy atom. The van der Waals surface area contributed by atoms with Crippen LogP contribution < -0.4 is 10.2 Å². The van der Waals surface area contributed by atoms with E-state index in [2.05, 4.69) is 20.4 Å². The number of carbonyl (C=O) groups is 1. The van der Waals surface area contributed by atoms with Gasteiger partial charge in [0.05, 0.1) is 5.56 Å². The number of hydrogen-bond acceptors (Lipinski definition) is 4. The quantitative estimate of drug-likeness (QED) is 0.294. The Hall–Kier alpha value is -3.92. The molecule has 1 N–H and O–H groups in total. The van der Waals surface area contributed by atoms with Crippen LogP contribution in [-0.4, -0.2) is 46.8 Å². The first-order valence-electron chi connectivity index (χ1n) is 11.7. The average Bonchev–Trinajstić information content (AvgIpc) is 2.89. The van der Waals surface area contributed by atoms with Gasteiger partial charge in [-0.15, -0.1) is 22.6 Å². The molecule has 0 spiro atoms. The van der Waals surface area contributed by atoms with Crippen molar-refractivity contribution in [1.82, 2.24) is 15.1 Å². The molecule has 0 unspecified atom stereocenters. The van der Waals surface area contributed by atoms with E-state index < -0.39 is 11.7 Å². The minimum Gasteiger partial charge on any atom is -0.351 e. The molecule has 1 atom stereocenters. The van der Waals surface area contributed by atoms with Crippen LogP contribution in [0.4, 0.5) is 33.9 Å². The highest BCUT2D eigenvalue weighted by Gasteiger charge is 2.31. The monoisotopic (exact) mass is 545 g/mol. The van der Waals surface area contributed by atoms with Gasteiger partial charge in [0.25, 0.3) is 0 Å². The third-order valence-corrected chi connectivity index (χ3v) is 6.44. The Morgan fingerprint density at radius 1 is 0.921 bits per heavy atom. The smallest absolute Gasteiger partial charge is 0.351 e. The fourth-order valence-corrected chi connectivity index (χ4v) is 4.53. The summed E-state index contributed by atoms with van der Waals surface area (Å²) < 4.78 is 52.1. The molecule has 5 rings (SSSR count). The number of fused-ring (bicyclic) bond motifs is 1. The molecule has 0 bridgehead atoms. The summed E-state index contributed by atoms with van der Waals surface area (Å²) in [4.78, 5) is 16.6. The van der Waals surface area contributed by atoms with Crippen molar-refractivity contribution < 1.29 is 22.4 Å². The van der Waals surface area contributed by atoms with Gasteiger partial charge in [-0.05, 0) is 43.3 Å². The molecule has 0 radical (unpaired) electrons. The molecule has 1 saturated heterocycles. The Morgan fingerprint density at radius 3 is 2.21 bits per heavy atom. The maximum absolute atomic E-state index is 13.2. The first-order valence-corrected chi connectivity index (χ1v) is 11.7. The number of aromatic nitrogens is 2. The molecular weight excluding hydrogens is 522 g/mol. The van der Waals surface area contributed by atoms with Crippen molar-refractivity contribution in [3.63, 3.8) is 0 Å². The van der Waals surface area contributed by atoms with Crippen molar-refractivity contribution in [1.29, 1.82) is 0 Å². The molecule has 1 aliphatic rings. The number of carbonyl (C=O) groups excluding carboxylic acids is 1. The highest BCUT2D eigenvalue weighted by atomic mass is 35.5. The Balaban J connectivity index is 0.00000336. The van der Waals surface area contributed by atoms with Gasteiger partial charge >= 0.3 is 12.2 Å². The van der Waals surface area contributed by atoms with E-state index in [0.717, 1.165) is 22.9 Å². The topological polar surface area (TPSA) is 61.4 Å².